The third-order valence-electron chi connectivity index (χ3n) is 1.53. The molecule has 1 heterocycles. The van der Waals surface area contributed by atoms with E-state index < -0.39 is 12.8 Å². The monoisotopic (exact) mass is 270 g/mol. The van der Waals surface area contributed by atoms with E-state index in [-0.39, 0.29) is 24.3 Å². The number of nitrogens with zero attached hydrogens (tertiary/aromatic N) is 2. The highest BCUT2D eigenvalue weighted by molar-refractivity contribution is 6.29. The molecule has 0 aliphatic rings. The van der Waals surface area contributed by atoms with Crippen molar-refractivity contribution in [2.24, 2.45) is 0 Å². The van der Waals surface area contributed by atoms with Crippen molar-refractivity contribution >= 4 is 23.4 Å². The van der Waals surface area contributed by atoms with Crippen LogP contribution in [0.5, 0.6) is 0 Å². The molecule has 1 aromatic rings. The third-order valence-corrected chi connectivity index (χ3v) is 1.72. The Labute approximate surface area is 100 Å². The van der Waals surface area contributed by atoms with Gasteiger partial charge >= 0.3 is 6.18 Å². The van der Waals surface area contributed by atoms with E-state index in [0.29, 0.717) is 5.82 Å². The average Bonchev–Trinajstić information content (AvgIpc) is 2.13. The summed E-state index contributed by atoms with van der Waals surface area (Å²) in [5.41, 5.74) is 5.32. The predicted molar refractivity (Wildman–Crippen MR) is 56.8 cm³/mol. The lowest BCUT2D eigenvalue weighted by Gasteiger charge is -2.09. The zero-order chi connectivity index (χ0) is 12.9. The molecule has 0 aliphatic heterocycles. The van der Waals surface area contributed by atoms with Crippen molar-refractivity contribution in [3.05, 3.63) is 11.2 Å². The molecule has 0 aliphatic carbocycles. The van der Waals surface area contributed by atoms with Crippen molar-refractivity contribution in [1.82, 2.24) is 9.97 Å². The molecule has 0 saturated heterocycles. The molecule has 9 heteroatoms. The quantitative estimate of drug-likeness (QED) is 0.629. The van der Waals surface area contributed by atoms with E-state index in [1.165, 1.54) is 6.07 Å². The highest BCUT2D eigenvalue weighted by Crippen LogP contribution is 2.14. The molecule has 5 nitrogen and oxygen atoms in total. The van der Waals surface area contributed by atoms with Crippen molar-refractivity contribution in [2.75, 3.05) is 30.8 Å². The second-order valence-electron chi connectivity index (χ2n) is 3.03. The van der Waals surface area contributed by atoms with E-state index in [1.54, 1.807) is 0 Å². The normalized spacial score (nSPS) is 11.5. The van der Waals surface area contributed by atoms with Crippen LogP contribution >= 0.6 is 11.6 Å². The van der Waals surface area contributed by atoms with Crippen molar-refractivity contribution in [1.29, 1.82) is 0 Å². The first-order valence-corrected chi connectivity index (χ1v) is 4.93. The fourth-order valence-corrected chi connectivity index (χ4v) is 1.15. The van der Waals surface area contributed by atoms with Gasteiger partial charge in [0.05, 0.1) is 6.61 Å². The minimum absolute atomic E-state index is 0.0174. The van der Waals surface area contributed by atoms with E-state index in [2.05, 4.69) is 20.0 Å². The Hall–Kier alpha value is -1.28. The molecule has 96 valence electrons. The van der Waals surface area contributed by atoms with Gasteiger partial charge in [-0.05, 0) is 0 Å². The molecule has 0 spiro atoms. The van der Waals surface area contributed by atoms with Gasteiger partial charge in [0.2, 0.25) is 5.95 Å². The summed E-state index contributed by atoms with van der Waals surface area (Å²) in [5.74, 6) is 0.314. The van der Waals surface area contributed by atoms with E-state index in [0.717, 1.165) is 0 Å². The number of nitrogen functional groups attached to an aromatic ring is 1. The molecule has 17 heavy (non-hydrogen) atoms. The van der Waals surface area contributed by atoms with Gasteiger partial charge in [0.25, 0.3) is 0 Å². The molecule has 1 aromatic heterocycles. The summed E-state index contributed by atoms with van der Waals surface area (Å²) < 4.78 is 39.5. The van der Waals surface area contributed by atoms with Crippen molar-refractivity contribution in [3.8, 4) is 0 Å². The van der Waals surface area contributed by atoms with Crippen LogP contribution in [-0.2, 0) is 4.74 Å². The largest absolute Gasteiger partial charge is 0.411 e. The second kappa shape index (κ2) is 5.87. The summed E-state index contributed by atoms with van der Waals surface area (Å²) in [7, 11) is 0. The Morgan fingerprint density at radius 3 is 2.71 bits per heavy atom. The topological polar surface area (TPSA) is 73.1 Å². The fourth-order valence-electron chi connectivity index (χ4n) is 0.965. The van der Waals surface area contributed by atoms with Gasteiger partial charge in [-0.25, -0.2) is 4.98 Å². The van der Waals surface area contributed by atoms with Gasteiger partial charge in [-0.2, -0.15) is 18.2 Å². The van der Waals surface area contributed by atoms with Gasteiger partial charge in [-0.1, -0.05) is 11.6 Å². The first kappa shape index (κ1) is 13.8. The second-order valence-corrected chi connectivity index (χ2v) is 3.42. The van der Waals surface area contributed by atoms with E-state index in [1.807, 2.05) is 0 Å². The first-order chi connectivity index (χ1) is 7.87. The van der Waals surface area contributed by atoms with Crippen LogP contribution in [0, 0.1) is 0 Å². The molecule has 0 fully saturated rings. The number of ether oxygens (including phenoxy) is 1. The van der Waals surface area contributed by atoms with Gasteiger partial charge in [0, 0.05) is 12.6 Å². The first-order valence-electron chi connectivity index (χ1n) is 4.55. The van der Waals surface area contributed by atoms with Gasteiger partial charge < -0.3 is 15.8 Å². The summed E-state index contributed by atoms with van der Waals surface area (Å²) in [4.78, 5) is 7.40. The minimum Gasteiger partial charge on any atom is -0.370 e. The molecule has 3 N–H and O–H groups in total. The molecular weight excluding hydrogens is 261 g/mol. The van der Waals surface area contributed by atoms with Crippen molar-refractivity contribution < 1.29 is 17.9 Å². The Kier molecular flexibility index (Phi) is 4.76. The standard InChI is InChI=1S/C8H10ClF3N4O/c9-5-3-6(16-7(13)15-5)14-1-2-17-4-8(10,11)12/h3H,1-2,4H2,(H3,13,14,15,16). The van der Waals surface area contributed by atoms with Crippen LogP contribution in [0.2, 0.25) is 5.15 Å². The van der Waals surface area contributed by atoms with Crippen LogP contribution in [0.4, 0.5) is 24.9 Å². The molecule has 0 amide bonds. The van der Waals surface area contributed by atoms with Crippen LogP contribution in [-0.4, -0.2) is 35.9 Å². The highest BCUT2D eigenvalue weighted by Gasteiger charge is 2.27. The molecule has 0 aromatic carbocycles. The highest BCUT2D eigenvalue weighted by atomic mass is 35.5. The number of hydrogen-bond acceptors (Lipinski definition) is 5. The number of nitrogens with two attached hydrogens (primary N) is 1. The lowest BCUT2D eigenvalue weighted by atomic mass is 10.5. The maximum Gasteiger partial charge on any atom is 0.411 e. The number of anilines is 2. The lowest BCUT2D eigenvalue weighted by Crippen LogP contribution is -2.20. The maximum atomic E-state index is 11.7. The number of halogens is 4. The Balaban J connectivity index is 2.27. The summed E-state index contributed by atoms with van der Waals surface area (Å²) >= 11 is 5.60. The van der Waals surface area contributed by atoms with E-state index in [4.69, 9.17) is 17.3 Å². The molecule has 0 bridgehead atoms. The summed E-state index contributed by atoms with van der Waals surface area (Å²) in [6, 6.07) is 1.40. The number of nitrogens with one attached hydrogen (secondary N) is 1. The number of hydrogen-bond donors (Lipinski definition) is 2. The molecule has 0 saturated carbocycles. The van der Waals surface area contributed by atoms with Crippen LogP contribution in [0.25, 0.3) is 0 Å². The van der Waals surface area contributed by atoms with Crippen LogP contribution in [0.15, 0.2) is 6.07 Å². The summed E-state index contributed by atoms with van der Waals surface area (Å²) in [6.45, 7) is -1.23. The van der Waals surface area contributed by atoms with Gasteiger partial charge in [0.15, 0.2) is 0 Å². The smallest absolute Gasteiger partial charge is 0.370 e. The number of rotatable bonds is 5. The van der Waals surface area contributed by atoms with Crippen molar-refractivity contribution in [3.63, 3.8) is 0 Å². The fraction of sp³-hybridized carbons (Fsp3) is 0.500. The summed E-state index contributed by atoms with van der Waals surface area (Å²) in [6.07, 6.45) is -4.32. The Bertz CT molecular complexity index is 354. The zero-order valence-corrected chi connectivity index (χ0v) is 9.35. The molecule has 0 unspecified atom stereocenters. The lowest BCUT2D eigenvalue weighted by molar-refractivity contribution is -0.172. The van der Waals surface area contributed by atoms with E-state index >= 15 is 0 Å². The molecule has 0 atom stereocenters. The number of aromatic nitrogens is 2. The molecule has 0 radical (unpaired) electrons. The van der Waals surface area contributed by atoms with E-state index in [9.17, 15) is 13.2 Å². The third kappa shape index (κ3) is 6.12. The van der Waals surface area contributed by atoms with Crippen molar-refractivity contribution in [2.45, 2.75) is 6.18 Å². The van der Waals surface area contributed by atoms with Crippen LogP contribution < -0.4 is 11.1 Å². The van der Waals surface area contributed by atoms with Gasteiger partial charge in [-0.3, -0.25) is 0 Å². The number of alkyl halides is 3. The van der Waals surface area contributed by atoms with Gasteiger partial charge in [0.1, 0.15) is 17.6 Å². The summed E-state index contributed by atoms with van der Waals surface area (Å²) in [5, 5.41) is 2.85. The van der Waals surface area contributed by atoms with Crippen LogP contribution in [0.3, 0.4) is 0 Å². The average molecular weight is 271 g/mol. The van der Waals surface area contributed by atoms with Crippen LogP contribution in [0.1, 0.15) is 0 Å². The van der Waals surface area contributed by atoms with Gasteiger partial charge in [-0.15, -0.1) is 0 Å². The SMILES string of the molecule is Nc1nc(Cl)cc(NCCOCC(F)(F)F)n1. The Morgan fingerprint density at radius 2 is 2.12 bits per heavy atom. The zero-order valence-electron chi connectivity index (χ0n) is 8.59. The predicted octanol–water partition coefficient (Wildman–Crippen LogP) is 1.70. The minimum atomic E-state index is -4.32. The molecular formula is C8H10ClF3N4O. The Morgan fingerprint density at radius 1 is 1.41 bits per heavy atom. The molecule has 1 rings (SSSR count). The maximum absolute atomic E-state index is 11.7.